The minimum atomic E-state index is -0.0493. The lowest BCUT2D eigenvalue weighted by Crippen LogP contribution is -2.49. The third-order valence-electron chi connectivity index (χ3n) is 5.69. The van der Waals surface area contributed by atoms with E-state index in [-0.39, 0.29) is 11.0 Å². The molecule has 0 bridgehead atoms. The molecule has 2 aliphatic rings. The molecule has 2 aromatic rings. The first-order valence-corrected chi connectivity index (χ1v) is 10.0. The first kappa shape index (κ1) is 18.3. The highest BCUT2D eigenvalue weighted by molar-refractivity contribution is 5.11. The summed E-state index contributed by atoms with van der Waals surface area (Å²) >= 11 is 0. The Hall–Kier alpha value is -2.08. The van der Waals surface area contributed by atoms with Gasteiger partial charge in [-0.3, -0.25) is 9.69 Å². The second-order valence-electron chi connectivity index (χ2n) is 9.08. The highest BCUT2D eigenvalue weighted by Crippen LogP contribution is 2.34. The van der Waals surface area contributed by atoms with Gasteiger partial charge in [0.1, 0.15) is 5.82 Å². The van der Waals surface area contributed by atoms with E-state index in [1.165, 1.54) is 19.3 Å². The molecule has 2 aromatic heterocycles. The van der Waals surface area contributed by atoms with Crippen molar-refractivity contribution < 1.29 is 0 Å². The van der Waals surface area contributed by atoms with Crippen molar-refractivity contribution in [2.45, 2.75) is 64.5 Å². The highest BCUT2D eigenvalue weighted by Gasteiger charge is 2.29. The van der Waals surface area contributed by atoms with Crippen LogP contribution in [0.2, 0.25) is 0 Å². The zero-order valence-corrected chi connectivity index (χ0v) is 16.6. The monoisotopic (exact) mass is 367 g/mol. The number of nitrogens with zero attached hydrogens (tertiary/aromatic N) is 5. The Morgan fingerprint density at radius 3 is 2.59 bits per heavy atom. The molecule has 2 fully saturated rings. The van der Waals surface area contributed by atoms with Crippen LogP contribution < -0.4 is 5.56 Å². The summed E-state index contributed by atoms with van der Waals surface area (Å²) in [6.07, 6.45) is 5.65. The molecule has 6 heteroatoms. The minimum absolute atomic E-state index is 0.0117. The number of rotatable bonds is 5. The lowest BCUT2D eigenvalue weighted by atomic mass is 9.85. The maximum Gasteiger partial charge on any atom is 0.266 e. The van der Waals surface area contributed by atoms with Crippen molar-refractivity contribution in [3.8, 4) is 0 Å². The minimum Gasteiger partial charge on any atom is -0.297 e. The summed E-state index contributed by atoms with van der Waals surface area (Å²) in [6, 6.07) is 5.52. The molecule has 0 aromatic carbocycles. The average Bonchev–Trinajstić information content (AvgIpc) is 2.52. The largest absolute Gasteiger partial charge is 0.297 e. The summed E-state index contributed by atoms with van der Waals surface area (Å²) in [7, 11) is 0. The fourth-order valence-electron chi connectivity index (χ4n) is 3.74. The number of aromatic nitrogens is 4. The predicted molar refractivity (Wildman–Crippen MR) is 105 cm³/mol. The van der Waals surface area contributed by atoms with Crippen LogP contribution >= 0.6 is 0 Å². The van der Waals surface area contributed by atoms with Crippen molar-refractivity contribution in [1.82, 2.24) is 24.6 Å². The van der Waals surface area contributed by atoms with Gasteiger partial charge in [0.25, 0.3) is 5.56 Å². The van der Waals surface area contributed by atoms with Gasteiger partial charge in [0.15, 0.2) is 0 Å². The van der Waals surface area contributed by atoms with Crippen molar-refractivity contribution in [3.05, 3.63) is 52.0 Å². The molecule has 0 amide bonds. The smallest absolute Gasteiger partial charge is 0.266 e. The van der Waals surface area contributed by atoms with E-state index in [9.17, 15) is 4.79 Å². The summed E-state index contributed by atoms with van der Waals surface area (Å²) in [4.78, 5) is 23.7. The molecule has 1 saturated heterocycles. The lowest BCUT2D eigenvalue weighted by molar-refractivity contribution is 0.0749. The number of likely N-dealkylation sites (tertiary alicyclic amines) is 1. The third-order valence-corrected chi connectivity index (χ3v) is 5.69. The maximum atomic E-state index is 12.2. The summed E-state index contributed by atoms with van der Waals surface area (Å²) in [5.74, 6) is 2.06. The summed E-state index contributed by atoms with van der Waals surface area (Å²) in [5, 5.41) is 4.59. The molecule has 0 radical (unpaired) electrons. The Balaban J connectivity index is 1.33. The molecule has 0 unspecified atom stereocenters. The molecule has 6 nitrogen and oxygen atoms in total. The van der Waals surface area contributed by atoms with Crippen molar-refractivity contribution in [2.24, 2.45) is 5.92 Å². The summed E-state index contributed by atoms with van der Waals surface area (Å²) in [6.45, 7) is 9.88. The average molecular weight is 367 g/mol. The summed E-state index contributed by atoms with van der Waals surface area (Å²) in [5.41, 5.74) is 2.01. The molecule has 0 spiro atoms. The molecular weight excluding hydrogens is 338 g/mol. The molecule has 3 heterocycles. The molecule has 0 N–H and O–H groups in total. The van der Waals surface area contributed by atoms with Crippen LogP contribution in [0.1, 0.15) is 63.2 Å². The van der Waals surface area contributed by atoms with Crippen LogP contribution in [0.15, 0.2) is 29.2 Å². The van der Waals surface area contributed by atoms with E-state index >= 15 is 0 Å². The Bertz CT molecular complexity index is 859. The molecule has 1 saturated carbocycles. The third kappa shape index (κ3) is 4.10. The molecule has 1 aliphatic heterocycles. The van der Waals surface area contributed by atoms with E-state index in [0.717, 1.165) is 36.8 Å². The van der Waals surface area contributed by atoms with Gasteiger partial charge in [0.05, 0.1) is 17.9 Å². The van der Waals surface area contributed by atoms with Crippen LogP contribution in [0.25, 0.3) is 0 Å². The Morgan fingerprint density at radius 2 is 1.93 bits per heavy atom. The van der Waals surface area contributed by atoms with Crippen molar-refractivity contribution in [3.63, 3.8) is 0 Å². The topological polar surface area (TPSA) is 63.9 Å². The standard InChI is InChI=1S/C21H29N5O/c1-21(2,3)18-7-8-19(27)26(24-18)13-15-11-25(12-15)14-17-9-10-22-20(23-17)16-5-4-6-16/h7-10,15-16H,4-6,11-14H2,1-3H3. The second kappa shape index (κ2) is 7.15. The van der Waals surface area contributed by atoms with Crippen molar-refractivity contribution >= 4 is 0 Å². The molecule has 27 heavy (non-hydrogen) atoms. The summed E-state index contributed by atoms with van der Waals surface area (Å²) < 4.78 is 1.64. The van der Waals surface area contributed by atoms with Crippen molar-refractivity contribution in [2.75, 3.05) is 13.1 Å². The Labute approximate surface area is 160 Å². The molecule has 1 aliphatic carbocycles. The zero-order chi connectivity index (χ0) is 19.0. The molecule has 144 valence electrons. The maximum absolute atomic E-state index is 12.2. The first-order valence-electron chi connectivity index (χ1n) is 10.0. The van der Waals surface area contributed by atoms with Crippen LogP contribution in [0.3, 0.4) is 0 Å². The predicted octanol–water partition coefficient (Wildman–Crippen LogP) is 2.73. The number of hydrogen-bond donors (Lipinski definition) is 0. The van der Waals surface area contributed by atoms with E-state index in [1.807, 2.05) is 18.3 Å². The SMILES string of the molecule is CC(C)(C)c1ccc(=O)n(CC2CN(Cc3ccnc(C4CCC4)n3)C2)n1. The fourth-order valence-corrected chi connectivity index (χ4v) is 3.74. The van der Waals surface area contributed by atoms with Crippen LogP contribution in [0.5, 0.6) is 0 Å². The van der Waals surface area contributed by atoms with Gasteiger partial charge in [-0.25, -0.2) is 14.6 Å². The van der Waals surface area contributed by atoms with Crippen LogP contribution in [0, 0.1) is 5.92 Å². The lowest BCUT2D eigenvalue weighted by Gasteiger charge is -2.39. The van der Waals surface area contributed by atoms with E-state index < -0.39 is 0 Å². The van der Waals surface area contributed by atoms with Gasteiger partial charge in [-0.2, -0.15) is 5.10 Å². The van der Waals surface area contributed by atoms with Gasteiger partial charge < -0.3 is 0 Å². The van der Waals surface area contributed by atoms with E-state index in [1.54, 1.807) is 10.7 Å². The highest BCUT2D eigenvalue weighted by atomic mass is 16.1. The van der Waals surface area contributed by atoms with E-state index in [0.29, 0.717) is 18.4 Å². The normalized spacial score (nSPS) is 18.9. The van der Waals surface area contributed by atoms with Crippen LogP contribution in [-0.4, -0.2) is 37.7 Å². The van der Waals surface area contributed by atoms with Gasteiger partial charge in [-0.05, 0) is 25.0 Å². The van der Waals surface area contributed by atoms with Gasteiger partial charge in [-0.1, -0.05) is 27.2 Å². The van der Waals surface area contributed by atoms with E-state index in [4.69, 9.17) is 4.98 Å². The Kier molecular flexibility index (Phi) is 4.84. The van der Waals surface area contributed by atoms with Gasteiger partial charge in [0.2, 0.25) is 0 Å². The first-order chi connectivity index (χ1) is 12.9. The Morgan fingerprint density at radius 1 is 1.15 bits per heavy atom. The van der Waals surface area contributed by atoms with E-state index in [2.05, 4.69) is 35.8 Å². The van der Waals surface area contributed by atoms with Gasteiger partial charge >= 0.3 is 0 Å². The second-order valence-corrected chi connectivity index (χ2v) is 9.08. The molecule has 4 rings (SSSR count). The molecule has 0 atom stereocenters. The fraction of sp³-hybridized carbons (Fsp3) is 0.619. The van der Waals surface area contributed by atoms with Crippen LogP contribution in [0.4, 0.5) is 0 Å². The van der Waals surface area contributed by atoms with Crippen molar-refractivity contribution in [1.29, 1.82) is 0 Å². The van der Waals surface area contributed by atoms with Gasteiger partial charge in [-0.15, -0.1) is 0 Å². The molecular formula is C21H29N5O. The quantitative estimate of drug-likeness (QED) is 0.813. The van der Waals surface area contributed by atoms with Crippen LogP contribution in [-0.2, 0) is 18.5 Å². The van der Waals surface area contributed by atoms with Gasteiger partial charge in [0, 0.05) is 49.1 Å². The zero-order valence-electron chi connectivity index (χ0n) is 16.6. The number of hydrogen-bond acceptors (Lipinski definition) is 5.